The zero-order valence-corrected chi connectivity index (χ0v) is 24.9. The molecule has 14 heteroatoms. The summed E-state index contributed by atoms with van der Waals surface area (Å²) in [5, 5.41) is 65.5. The molecule has 0 radical (unpaired) electrons. The van der Waals surface area contributed by atoms with E-state index in [0.717, 1.165) is 0 Å². The number of fused-ring (bicyclic) bond motifs is 3. The molecule has 6 atom stereocenters. The zero-order chi connectivity index (χ0) is 33.9. The molecule has 3 aliphatic rings. The predicted molar refractivity (Wildman–Crippen MR) is 158 cm³/mol. The van der Waals surface area contributed by atoms with Crippen molar-refractivity contribution >= 4 is 23.3 Å². The van der Waals surface area contributed by atoms with Gasteiger partial charge in [-0.05, 0) is 25.1 Å². The lowest BCUT2D eigenvalue weighted by Crippen LogP contribution is -2.53. The minimum Gasteiger partial charge on any atom is -0.507 e. The third-order valence-corrected chi connectivity index (χ3v) is 8.92. The van der Waals surface area contributed by atoms with Crippen LogP contribution >= 0.6 is 0 Å². The molecule has 0 spiro atoms. The summed E-state index contributed by atoms with van der Waals surface area (Å²) in [7, 11) is 0. The fraction of sp³-hybridized carbons (Fsp3) is 0.333. The van der Waals surface area contributed by atoms with Crippen molar-refractivity contribution in [2.45, 2.75) is 62.4 Å². The Bertz CT molecular complexity index is 1830. The van der Waals surface area contributed by atoms with Crippen LogP contribution in [0.1, 0.15) is 79.2 Å². The number of nitrogens with two attached hydrogens (primary N) is 1. The number of esters is 1. The highest BCUT2D eigenvalue weighted by Gasteiger charge is 2.50. The van der Waals surface area contributed by atoms with Crippen LogP contribution in [0.2, 0.25) is 0 Å². The Kier molecular flexibility index (Phi) is 8.02. The Balaban J connectivity index is 1.41. The average molecular weight is 650 g/mol. The number of phenolic OH excluding ortho intramolecular Hbond substituents is 4. The van der Waals surface area contributed by atoms with Crippen LogP contribution in [0.3, 0.4) is 0 Å². The van der Waals surface area contributed by atoms with Crippen LogP contribution in [0.4, 0.5) is 0 Å². The van der Waals surface area contributed by atoms with Crippen molar-refractivity contribution in [2.75, 3.05) is 6.61 Å². The van der Waals surface area contributed by atoms with Crippen molar-refractivity contribution in [3.05, 3.63) is 81.4 Å². The number of aliphatic hydroxyl groups is 2. The normalized spacial score (nSPS) is 26.6. The lowest BCUT2D eigenvalue weighted by atomic mass is 9.72. The van der Waals surface area contributed by atoms with Crippen molar-refractivity contribution in [1.82, 2.24) is 0 Å². The second kappa shape index (κ2) is 11.7. The van der Waals surface area contributed by atoms with Gasteiger partial charge in [-0.2, -0.15) is 0 Å². The highest BCUT2D eigenvalue weighted by Crippen LogP contribution is 2.52. The molecule has 3 aromatic rings. The van der Waals surface area contributed by atoms with Gasteiger partial charge in [0.05, 0.1) is 35.0 Å². The molecule has 0 aromatic heterocycles. The molecule has 6 rings (SSSR count). The van der Waals surface area contributed by atoms with E-state index in [1.807, 2.05) is 0 Å². The van der Waals surface area contributed by atoms with Crippen LogP contribution in [0.5, 0.6) is 23.0 Å². The molecule has 1 aliphatic heterocycles. The molecular weight excluding hydrogens is 618 g/mol. The van der Waals surface area contributed by atoms with E-state index in [2.05, 4.69) is 0 Å². The van der Waals surface area contributed by atoms with Gasteiger partial charge in [-0.3, -0.25) is 14.4 Å². The van der Waals surface area contributed by atoms with Crippen molar-refractivity contribution in [3.63, 3.8) is 0 Å². The van der Waals surface area contributed by atoms with E-state index in [1.165, 1.54) is 42.5 Å². The molecular formula is C33H31NO13. The number of para-hydroxylation sites is 1. The van der Waals surface area contributed by atoms with Crippen molar-refractivity contribution < 1.29 is 64.0 Å². The molecule has 0 saturated carbocycles. The Hall–Kier alpha value is -4.86. The number of hydrogen-bond acceptors (Lipinski definition) is 14. The van der Waals surface area contributed by atoms with E-state index >= 15 is 0 Å². The molecule has 14 nitrogen and oxygen atoms in total. The molecule has 0 amide bonds. The smallest absolute Gasteiger partial charge is 0.342 e. The number of ether oxygens (including phenoxy) is 3. The van der Waals surface area contributed by atoms with Gasteiger partial charge in [-0.1, -0.05) is 24.3 Å². The number of Topliss-reactive ketones (excluding diaryl/α,β-unsaturated/α-hetero) is 1. The molecule has 1 saturated heterocycles. The van der Waals surface area contributed by atoms with Crippen LogP contribution in [0.15, 0.2) is 42.5 Å². The van der Waals surface area contributed by atoms with E-state index in [-0.39, 0.29) is 34.2 Å². The van der Waals surface area contributed by atoms with Gasteiger partial charge < -0.3 is 50.6 Å². The van der Waals surface area contributed by atoms with E-state index in [4.69, 9.17) is 19.9 Å². The quantitative estimate of drug-likeness (QED) is 0.115. The molecule has 1 fully saturated rings. The lowest BCUT2D eigenvalue weighted by Gasteiger charge is -2.42. The number of carbonyl (C=O) groups excluding carboxylic acids is 4. The van der Waals surface area contributed by atoms with Gasteiger partial charge in [-0.25, -0.2) is 4.79 Å². The molecule has 1 heterocycles. The van der Waals surface area contributed by atoms with Crippen LogP contribution in [0.25, 0.3) is 0 Å². The number of hydrogen-bond donors (Lipinski definition) is 7. The van der Waals surface area contributed by atoms with Crippen molar-refractivity contribution in [2.24, 2.45) is 5.73 Å². The van der Waals surface area contributed by atoms with Gasteiger partial charge in [0, 0.05) is 42.0 Å². The summed E-state index contributed by atoms with van der Waals surface area (Å²) in [4.78, 5) is 53.3. The minimum absolute atomic E-state index is 0.0573. The van der Waals surface area contributed by atoms with Gasteiger partial charge in [0.25, 0.3) is 0 Å². The second-order valence-corrected chi connectivity index (χ2v) is 11.9. The highest BCUT2D eigenvalue weighted by molar-refractivity contribution is 6.31. The van der Waals surface area contributed by atoms with Crippen LogP contribution in [0, 0.1) is 0 Å². The van der Waals surface area contributed by atoms with Crippen molar-refractivity contribution in [3.8, 4) is 23.0 Å². The highest BCUT2D eigenvalue weighted by atomic mass is 16.7. The van der Waals surface area contributed by atoms with E-state index < -0.39 is 113 Å². The van der Waals surface area contributed by atoms with Gasteiger partial charge in [0.15, 0.2) is 18.7 Å². The standard InChI is InChI=1S/C33H31NO13/c1-13-27(38)17(34)9-22(46-13)47-20-11-33(44,21(37)12-45-32(43)14-5-2-3-7-18(14)35)10-16-24(20)31(42)26-25(29(16)40)28(39)15-6-4-8-19(36)23(15)30(26)41/h2-8,13,17,20,22,27,35-36,38,40,42,44H,9-12,34H2,1H3. The number of phenols is 4. The Morgan fingerprint density at radius 1 is 0.957 bits per heavy atom. The maximum Gasteiger partial charge on any atom is 0.342 e. The fourth-order valence-corrected chi connectivity index (χ4v) is 6.44. The topological polar surface area (TPSA) is 243 Å². The maximum absolute atomic E-state index is 13.6. The number of ketones is 3. The number of aliphatic hydroxyl groups excluding tert-OH is 1. The van der Waals surface area contributed by atoms with Gasteiger partial charge in [-0.15, -0.1) is 0 Å². The molecule has 8 N–H and O–H groups in total. The predicted octanol–water partition coefficient (Wildman–Crippen LogP) is 1.27. The second-order valence-electron chi connectivity index (χ2n) is 11.9. The SMILES string of the molecule is CC1OC(OC2CC(O)(C(=O)COC(=O)c3ccccc3O)Cc3c(O)c4c(c(O)c32)C(=O)c2c(O)cccc2C4=O)CC(N)C1O. The largest absolute Gasteiger partial charge is 0.507 e. The fourth-order valence-electron chi connectivity index (χ4n) is 6.44. The Morgan fingerprint density at radius 3 is 2.34 bits per heavy atom. The summed E-state index contributed by atoms with van der Waals surface area (Å²) in [5.41, 5.74) is 1.07. The van der Waals surface area contributed by atoms with E-state index in [1.54, 1.807) is 6.92 Å². The zero-order valence-electron chi connectivity index (χ0n) is 24.9. The van der Waals surface area contributed by atoms with Gasteiger partial charge >= 0.3 is 5.97 Å². The summed E-state index contributed by atoms with van der Waals surface area (Å²) in [6, 6.07) is 8.43. The third kappa shape index (κ3) is 5.29. The summed E-state index contributed by atoms with van der Waals surface area (Å²) >= 11 is 0. The number of aromatic hydroxyl groups is 4. The van der Waals surface area contributed by atoms with Crippen molar-refractivity contribution in [1.29, 1.82) is 0 Å². The van der Waals surface area contributed by atoms with Gasteiger partial charge in [0.1, 0.15) is 34.2 Å². The number of rotatable bonds is 6. The van der Waals surface area contributed by atoms with Crippen LogP contribution in [-0.2, 0) is 25.4 Å². The molecule has 6 unspecified atom stereocenters. The first kappa shape index (κ1) is 32.1. The molecule has 3 aromatic carbocycles. The molecule has 47 heavy (non-hydrogen) atoms. The first-order chi connectivity index (χ1) is 22.2. The summed E-state index contributed by atoms with van der Waals surface area (Å²) in [6.07, 6.45) is -5.83. The first-order valence-electron chi connectivity index (χ1n) is 14.7. The van der Waals surface area contributed by atoms with E-state index in [0.29, 0.717) is 0 Å². The molecule has 246 valence electrons. The summed E-state index contributed by atoms with van der Waals surface area (Å²) in [5.74, 6) is -6.46. The number of benzene rings is 3. The van der Waals surface area contributed by atoms with E-state index in [9.17, 15) is 49.8 Å². The Morgan fingerprint density at radius 2 is 1.64 bits per heavy atom. The maximum atomic E-state index is 13.6. The molecule has 0 bridgehead atoms. The average Bonchev–Trinajstić information content (AvgIpc) is 3.02. The number of carbonyl (C=O) groups is 4. The Labute approximate surface area is 266 Å². The van der Waals surface area contributed by atoms with Gasteiger partial charge in [0.2, 0.25) is 11.6 Å². The summed E-state index contributed by atoms with van der Waals surface area (Å²) in [6.45, 7) is 0.572. The third-order valence-electron chi connectivity index (χ3n) is 8.92. The lowest BCUT2D eigenvalue weighted by molar-refractivity contribution is -0.247. The monoisotopic (exact) mass is 649 g/mol. The molecule has 2 aliphatic carbocycles. The van der Waals surface area contributed by atoms with Crippen LogP contribution < -0.4 is 5.73 Å². The summed E-state index contributed by atoms with van der Waals surface area (Å²) < 4.78 is 16.9. The minimum atomic E-state index is -2.42. The first-order valence-corrected chi connectivity index (χ1v) is 14.7. The van der Waals surface area contributed by atoms with Crippen LogP contribution in [-0.4, -0.2) is 90.7 Å².